The molecule has 2 aliphatic rings. The summed E-state index contributed by atoms with van der Waals surface area (Å²) in [6.45, 7) is 0.452. The number of piperidine rings is 1. The number of carboxylic acid groups (broad SMARTS) is 1. The van der Waals surface area contributed by atoms with E-state index in [0.29, 0.717) is 18.7 Å². The van der Waals surface area contributed by atoms with Gasteiger partial charge in [-0.25, -0.2) is 10.3 Å². The van der Waals surface area contributed by atoms with Crippen molar-refractivity contribution in [3.8, 4) is 0 Å². The molecule has 1 amide bonds. The molecule has 0 bridgehead atoms. The molecule has 0 aromatic rings. The van der Waals surface area contributed by atoms with E-state index in [1.165, 1.54) is 12.0 Å². The van der Waals surface area contributed by atoms with Crippen LogP contribution in [0.15, 0.2) is 24.1 Å². The standard InChI is InChI=1S/C11H16N2O4/c1-16-11(9-5-4-7-12-17-9)6-2-3-8-13(11)10(14)15/h4-5,7,12H,2-3,6,8H2,1H3,(H,14,15). The normalized spacial score (nSPS) is 28.1. The summed E-state index contributed by atoms with van der Waals surface area (Å²) in [5.74, 6) is 0.476. The van der Waals surface area contributed by atoms with E-state index in [1.54, 1.807) is 18.4 Å². The molecule has 6 nitrogen and oxygen atoms in total. The lowest BCUT2D eigenvalue weighted by Crippen LogP contribution is -2.57. The Morgan fingerprint density at radius 2 is 2.47 bits per heavy atom. The summed E-state index contributed by atoms with van der Waals surface area (Å²) in [6, 6.07) is 0. The molecule has 17 heavy (non-hydrogen) atoms. The minimum atomic E-state index is -1.01. The van der Waals surface area contributed by atoms with Gasteiger partial charge >= 0.3 is 6.09 Å². The van der Waals surface area contributed by atoms with Crippen LogP contribution in [0.3, 0.4) is 0 Å². The van der Waals surface area contributed by atoms with E-state index < -0.39 is 11.8 Å². The molecular formula is C11H16N2O4. The molecule has 2 aliphatic heterocycles. The van der Waals surface area contributed by atoms with Crippen LogP contribution in [0.4, 0.5) is 4.79 Å². The topological polar surface area (TPSA) is 71.0 Å². The Bertz CT molecular complexity index is 366. The Hall–Kier alpha value is -1.69. The molecule has 94 valence electrons. The molecule has 0 aromatic carbocycles. The lowest BCUT2D eigenvalue weighted by atomic mass is 9.96. The van der Waals surface area contributed by atoms with Gasteiger partial charge in [0.2, 0.25) is 5.72 Å². The van der Waals surface area contributed by atoms with Crippen LogP contribution in [0.5, 0.6) is 0 Å². The van der Waals surface area contributed by atoms with Gasteiger partial charge in [-0.15, -0.1) is 0 Å². The fourth-order valence-electron chi connectivity index (χ4n) is 2.29. The largest absolute Gasteiger partial charge is 0.465 e. The zero-order valence-corrected chi connectivity index (χ0v) is 9.68. The van der Waals surface area contributed by atoms with Gasteiger partial charge in [-0.3, -0.25) is 4.90 Å². The number of ether oxygens (including phenoxy) is 1. The Morgan fingerprint density at radius 1 is 1.65 bits per heavy atom. The number of hydroxylamine groups is 1. The fraction of sp³-hybridized carbons (Fsp3) is 0.545. The van der Waals surface area contributed by atoms with Gasteiger partial charge in [0.1, 0.15) is 0 Å². The highest BCUT2D eigenvalue weighted by Gasteiger charge is 2.47. The predicted molar refractivity (Wildman–Crippen MR) is 59.8 cm³/mol. The number of amides is 1. The molecule has 1 saturated heterocycles. The molecule has 1 atom stereocenters. The van der Waals surface area contributed by atoms with E-state index in [-0.39, 0.29) is 0 Å². The van der Waals surface area contributed by atoms with Crippen LogP contribution in [-0.2, 0) is 9.57 Å². The van der Waals surface area contributed by atoms with Crippen molar-refractivity contribution in [3.63, 3.8) is 0 Å². The van der Waals surface area contributed by atoms with Crippen LogP contribution in [-0.4, -0.2) is 35.5 Å². The fourth-order valence-corrected chi connectivity index (χ4v) is 2.29. The van der Waals surface area contributed by atoms with Gasteiger partial charge in [0.15, 0.2) is 5.76 Å². The third kappa shape index (κ3) is 1.95. The Morgan fingerprint density at radius 3 is 3.06 bits per heavy atom. The summed E-state index contributed by atoms with van der Waals surface area (Å²) in [4.78, 5) is 17.9. The lowest BCUT2D eigenvalue weighted by molar-refractivity contribution is -0.148. The van der Waals surface area contributed by atoms with Crippen molar-refractivity contribution in [3.05, 3.63) is 24.1 Å². The summed E-state index contributed by atoms with van der Waals surface area (Å²) >= 11 is 0. The van der Waals surface area contributed by atoms with E-state index in [1.807, 2.05) is 0 Å². The maximum Gasteiger partial charge on any atom is 0.409 e. The second-order valence-corrected chi connectivity index (χ2v) is 3.99. The Balaban J connectivity index is 2.35. The van der Waals surface area contributed by atoms with E-state index in [2.05, 4.69) is 5.48 Å². The van der Waals surface area contributed by atoms with Crippen LogP contribution in [0, 0.1) is 0 Å². The number of methoxy groups -OCH3 is 1. The smallest absolute Gasteiger partial charge is 0.409 e. The number of hydrogen-bond donors (Lipinski definition) is 2. The van der Waals surface area contributed by atoms with Crippen LogP contribution in [0.2, 0.25) is 0 Å². The van der Waals surface area contributed by atoms with Crippen molar-refractivity contribution in [1.29, 1.82) is 0 Å². The van der Waals surface area contributed by atoms with Crippen molar-refractivity contribution in [1.82, 2.24) is 10.4 Å². The maximum absolute atomic E-state index is 11.3. The van der Waals surface area contributed by atoms with Gasteiger partial charge in [-0.2, -0.15) is 0 Å². The average molecular weight is 240 g/mol. The molecule has 2 N–H and O–H groups in total. The quantitative estimate of drug-likeness (QED) is 0.764. The number of likely N-dealkylation sites (tertiary alicyclic amines) is 1. The van der Waals surface area contributed by atoms with Crippen LogP contribution < -0.4 is 5.48 Å². The Kier molecular flexibility index (Phi) is 3.23. The van der Waals surface area contributed by atoms with Crippen molar-refractivity contribution in [2.45, 2.75) is 25.0 Å². The van der Waals surface area contributed by atoms with Crippen molar-refractivity contribution in [2.24, 2.45) is 0 Å². The molecule has 2 rings (SSSR count). The molecule has 1 unspecified atom stereocenters. The summed E-state index contributed by atoms with van der Waals surface area (Å²) in [5, 5.41) is 9.26. The van der Waals surface area contributed by atoms with Gasteiger partial charge in [0, 0.05) is 26.3 Å². The van der Waals surface area contributed by atoms with Crippen molar-refractivity contribution in [2.75, 3.05) is 13.7 Å². The molecule has 2 heterocycles. The Labute approximate surface area is 99.4 Å². The summed E-state index contributed by atoms with van der Waals surface area (Å²) < 4.78 is 5.47. The zero-order chi connectivity index (χ0) is 12.3. The number of allylic oxidation sites excluding steroid dienone is 2. The van der Waals surface area contributed by atoms with Crippen LogP contribution in [0.25, 0.3) is 0 Å². The van der Waals surface area contributed by atoms with Gasteiger partial charge in [-0.05, 0) is 25.0 Å². The predicted octanol–water partition coefficient (Wildman–Crippen LogP) is 1.43. The highest BCUT2D eigenvalue weighted by molar-refractivity contribution is 5.66. The zero-order valence-electron chi connectivity index (χ0n) is 9.68. The van der Waals surface area contributed by atoms with E-state index in [0.717, 1.165) is 12.8 Å². The number of nitrogens with one attached hydrogen (secondary N) is 1. The van der Waals surface area contributed by atoms with Crippen molar-refractivity contribution < 1.29 is 19.5 Å². The highest BCUT2D eigenvalue weighted by atomic mass is 16.7. The molecule has 0 aliphatic carbocycles. The SMILES string of the molecule is COC1(C2=CC=CNO2)CCCCN1C(=O)O. The van der Waals surface area contributed by atoms with Crippen LogP contribution in [0.1, 0.15) is 19.3 Å². The molecule has 1 fully saturated rings. The van der Waals surface area contributed by atoms with Crippen LogP contribution >= 0.6 is 0 Å². The minimum absolute atomic E-state index is 0.452. The number of rotatable bonds is 2. The monoisotopic (exact) mass is 240 g/mol. The average Bonchev–Trinajstić information content (AvgIpc) is 2.39. The van der Waals surface area contributed by atoms with Gasteiger partial charge in [0.25, 0.3) is 0 Å². The van der Waals surface area contributed by atoms with Gasteiger partial charge < -0.3 is 14.7 Å². The highest BCUT2D eigenvalue weighted by Crippen LogP contribution is 2.36. The molecular weight excluding hydrogens is 224 g/mol. The van der Waals surface area contributed by atoms with E-state index >= 15 is 0 Å². The third-order valence-corrected chi connectivity index (χ3v) is 3.12. The number of nitrogens with zero attached hydrogens (tertiary/aromatic N) is 1. The lowest BCUT2D eigenvalue weighted by Gasteiger charge is -2.44. The van der Waals surface area contributed by atoms with E-state index in [9.17, 15) is 9.90 Å². The second-order valence-electron chi connectivity index (χ2n) is 3.99. The molecule has 0 saturated carbocycles. The number of hydrogen-bond acceptors (Lipinski definition) is 4. The van der Waals surface area contributed by atoms with Gasteiger partial charge in [0.05, 0.1) is 0 Å². The molecule has 0 spiro atoms. The first-order chi connectivity index (χ1) is 8.20. The van der Waals surface area contributed by atoms with E-state index in [4.69, 9.17) is 9.57 Å². The summed E-state index contributed by atoms with van der Waals surface area (Å²) in [6.07, 6.45) is 6.45. The summed E-state index contributed by atoms with van der Waals surface area (Å²) in [7, 11) is 1.50. The second kappa shape index (κ2) is 4.67. The first-order valence-electron chi connectivity index (χ1n) is 5.56. The molecule has 0 radical (unpaired) electrons. The minimum Gasteiger partial charge on any atom is -0.465 e. The molecule has 6 heteroatoms. The third-order valence-electron chi connectivity index (χ3n) is 3.12. The van der Waals surface area contributed by atoms with Gasteiger partial charge in [-0.1, -0.05) is 0 Å². The van der Waals surface area contributed by atoms with Crippen molar-refractivity contribution >= 4 is 6.09 Å². The number of carbonyl (C=O) groups is 1. The molecule has 0 aromatic heterocycles. The first kappa shape index (κ1) is 11.8. The first-order valence-corrected chi connectivity index (χ1v) is 5.56. The maximum atomic E-state index is 11.3. The summed E-state index contributed by atoms with van der Waals surface area (Å²) in [5.41, 5.74) is 1.59.